The van der Waals surface area contributed by atoms with Gasteiger partial charge in [-0.1, -0.05) is 0 Å². The molecule has 6 aliphatic rings. The average Bonchev–Trinajstić information content (AvgIpc) is 2.44. The molecule has 6 aliphatic heterocycles. The fourth-order valence-electron chi connectivity index (χ4n) is 3.32. The molecule has 0 radical (unpaired) electrons. The third-order valence-electron chi connectivity index (χ3n) is 4.69. The number of quaternary nitrogens is 2. The maximum atomic E-state index is 2.56. The molecule has 6 heterocycles. The zero-order valence-electron chi connectivity index (χ0n) is 11.1. The van der Waals surface area contributed by atoms with Crippen molar-refractivity contribution in [2.24, 2.45) is 0 Å². The summed E-state index contributed by atoms with van der Waals surface area (Å²) >= 11 is 0. The molecule has 18 heavy (non-hydrogen) atoms. The zero-order valence-corrected chi connectivity index (χ0v) is 14.3. The second kappa shape index (κ2) is 8.17. The van der Waals surface area contributed by atoms with Gasteiger partial charge in [-0.2, -0.15) is 0 Å². The molecule has 6 fully saturated rings. The van der Waals surface area contributed by atoms with Crippen LogP contribution in [0.3, 0.4) is 0 Å². The van der Waals surface area contributed by atoms with Crippen LogP contribution in [-0.2, 0) is 0 Å². The third-order valence-corrected chi connectivity index (χ3v) is 4.69. The molecule has 0 aromatic carbocycles. The molecule has 6 saturated heterocycles. The minimum absolute atomic E-state index is 0. The number of hydrogen-bond donors (Lipinski definition) is 2. The first-order valence-electron chi connectivity index (χ1n) is 7.02. The summed E-state index contributed by atoms with van der Waals surface area (Å²) in [4.78, 5) is 8.78. The van der Waals surface area contributed by atoms with Crippen molar-refractivity contribution in [1.82, 2.24) is 9.80 Å². The Balaban J connectivity index is 0.000000162. The number of fused-ring (bicyclic) bond motifs is 6. The van der Waals surface area contributed by atoms with Crippen LogP contribution in [0.2, 0.25) is 0 Å². The van der Waals surface area contributed by atoms with Crippen LogP contribution < -0.4 is 43.8 Å². The summed E-state index contributed by atoms with van der Waals surface area (Å²) in [5.41, 5.74) is 0. The molecule has 0 amide bonds. The van der Waals surface area contributed by atoms with Crippen molar-refractivity contribution in [3.05, 3.63) is 0 Å². The molecule has 0 aromatic heterocycles. The predicted octanol–water partition coefficient (Wildman–Crippen LogP) is -9.59. The van der Waals surface area contributed by atoms with Gasteiger partial charge in [-0.05, 0) is 0 Å². The van der Waals surface area contributed by atoms with E-state index >= 15 is 0 Å². The van der Waals surface area contributed by atoms with E-state index in [0.29, 0.717) is 0 Å². The Morgan fingerprint density at radius 1 is 0.444 bits per heavy atom. The van der Waals surface area contributed by atoms with Crippen molar-refractivity contribution in [2.45, 2.75) is 0 Å². The fourth-order valence-corrected chi connectivity index (χ4v) is 3.32. The van der Waals surface area contributed by atoms with E-state index in [0.717, 1.165) is 0 Å². The van der Waals surface area contributed by atoms with Gasteiger partial charge in [0.15, 0.2) is 0 Å². The Hall–Kier alpha value is 0.800. The molecule has 0 aromatic rings. The normalized spacial score (nSPS) is 40.0. The summed E-state index contributed by atoms with van der Waals surface area (Å²) in [6, 6.07) is 0. The van der Waals surface area contributed by atoms with Crippen LogP contribution in [0.1, 0.15) is 0 Å². The van der Waals surface area contributed by atoms with Gasteiger partial charge in [-0.3, -0.25) is 9.80 Å². The van der Waals surface area contributed by atoms with Crippen molar-refractivity contribution in [1.29, 1.82) is 0 Å². The van der Waals surface area contributed by atoms with Crippen LogP contribution in [0.15, 0.2) is 0 Å². The molecular formula is C12H26Br2N4. The van der Waals surface area contributed by atoms with Crippen LogP contribution in [0.5, 0.6) is 0 Å². The Bertz CT molecular complexity index is 156. The summed E-state index contributed by atoms with van der Waals surface area (Å²) < 4.78 is 0. The molecular weight excluding hydrogens is 360 g/mol. The highest BCUT2D eigenvalue weighted by atomic mass is 79.9. The molecule has 6 rings (SSSR count). The fraction of sp³-hybridized carbons (Fsp3) is 1.00. The quantitative estimate of drug-likeness (QED) is 0.430. The van der Waals surface area contributed by atoms with Gasteiger partial charge in [0.05, 0.1) is 39.3 Å². The van der Waals surface area contributed by atoms with E-state index in [1.807, 2.05) is 9.80 Å². The molecule has 0 unspecified atom stereocenters. The number of rotatable bonds is 0. The van der Waals surface area contributed by atoms with Crippen LogP contribution in [0, 0.1) is 0 Å². The average molecular weight is 386 g/mol. The summed E-state index contributed by atoms with van der Waals surface area (Å²) in [5.74, 6) is 0. The molecule has 2 N–H and O–H groups in total. The maximum absolute atomic E-state index is 2.56. The largest absolute Gasteiger partial charge is 1.00 e. The Kier molecular flexibility index (Phi) is 7.65. The van der Waals surface area contributed by atoms with Crippen LogP contribution in [0.4, 0.5) is 0 Å². The monoisotopic (exact) mass is 384 g/mol. The van der Waals surface area contributed by atoms with Gasteiger partial charge in [0.25, 0.3) is 0 Å². The lowest BCUT2D eigenvalue weighted by Crippen LogP contribution is -3.17. The van der Waals surface area contributed by atoms with Gasteiger partial charge >= 0.3 is 0 Å². The minimum Gasteiger partial charge on any atom is -1.00 e. The Morgan fingerprint density at radius 3 is 0.722 bits per heavy atom. The van der Waals surface area contributed by atoms with Crippen molar-refractivity contribution < 1.29 is 43.8 Å². The van der Waals surface area contributed by atoms with E-state index in [4.69, 9.17) is 0 Å². The van der Waals surface area contributed by atoms with Crippen molar-refractivity contribution >= 4 is 0 Å². The van der Waals surface area contributed by atoms with E-state index < -0.39 is 0 Å². The highest BCUT2D eigenvalue weighted by molar-refractivity contribution is 4.65. The first-order valence-corrected chi connectivity index (χ1v) is 7.02. The number of nitrogens with one attached hydrogen (secondary N) is 2. The highest BCUT2D eigenvalue weighted by Gasteiger charge is 2.26. The molecule has 4 nitrogen and oxygen atoms in total. The number of halogens is 2. The standard InChI is InChI=1S/2C6H12N2.2BrH/c2*1-2-8-5-3-7(1)4-6-8;;/h2*1-6H2;2*1H. The lowest BCUT2D eigenvalue weighted by molar-refractivity contribution is -0.914. The SMILES string of the molecule is C1C[NH+]2CCN1CC2.C1C[NH+]2CCN1CC2.[Br-].[Br-]. The first-order chi connectivity index (χ1) is 7.90. The van der Waals surface area contributed by atoms with E-state index in [9.17, 15) is 0 Å². The van der Waals surface area contributed by atoms with Gasteiger partial charge in [0, 0.05) is 39.3 Å². The van der Waals surface area contributed by atoms with Gasteiger partial charge < -0.3 is 43.8 Å². The van der Waals surface area contributed by atoms with Crippen LogP contribution >= 0.6 is 0 Å². The molecule has 0 saturated carbocycles. The Morgan fingerprint density at radius 2 is 0.667 bits per heavy atom. The van der Waals surface area contributed by atoms with Crippen LogP contribution in [0.25, 0.3) is 0 Å². The van der Waals surface area contributed by atoms with E-state index in [1.54, 1.807) is 0 Å². The van der Waals surface area contributed by atoms with Gasteiger partial charge in [-0.15, -0.1) is 0 Å². The van der Waals surface area contributed by atoms with E-state index in [1.165, 1.54) is 78.5 Å². The Labute approximate surface area is 132 Å². The van der Waals surface area contributed by atoms with Gasteiger partial charge in [0.1, 0.15) is 0 Å². The minimum atomic E-state index is 0. The third kappa shape index (κ3) is 4.42. The maximum Gasteiger partial charge on any atom is 0.0901 e. The van der Waals surface area contributed by atoms with Gasteiger partial charge in [-0.25, -0.2) is 0 Å². The molecule has 0 atom stereocenters. The lowest BCUT2D eigenvalue weighted by Gasteiger charge is -2.38. The number of piperazine rings is 6. The lowest BCUT2D eigenvalue weighted by atomic mass is 10.2. The zero-order chi connectivity index (χ0) is 10.8. The van der Waals surface area contributed by atoms with Crippen molar-refractivity contribution in [2.75, 3.05) is 78.5 Å². The van der Waals surface area contributed by atoms with Crippen molar-refractivity contribution in [3.8, 4) is 0 Å². The van der Waals surface area contributed by atoms with Gasteiger partial charge in [0.2, 0.25) is 0 Å². The summed E-state index contributed by atoms with van der Waals surface area (Å²) in [6.45, 7) is 16.6. The molecule has 4 bridgehead atoms. The molecule has 0 aliphatic carbocycles. The molecule has 6 heteroatoms. The highest BCUT2D eigenvalue weighted by Crippen LogP contribution is 1.91. The molecule has 108 valence electrons. The van der Waals surface area contributed by atoms with E-state index in [2.05, 4.69) is 9.80 Å². The number of hydrogen-bond acceptors (Lipinski definition) is 2. The predicted molar refractivity (Wildman–Crippen MR) is 64.0 cm³/mol. The summed E-state index contributed by atoms with van der Waals surface area (Å²) in [5, 5.41) is 0. The second-order valence-electron chi connectivity index (χ2n) is 5.68. The van der Waals surface area contributed by atoms with E-state index in [-0.39, 0.29) is 34.0 Å². The summed E-state index contributed by atoms with van der Waals surface area (Å²) in [7, 11) is 0. The topological polar surface area (TPSA) is 15.4 Å². The smallest absolute Gasteiger partial charge is 0.0901 e. The van der Waals surface area contributed by atoms with Crippen LogP contribution in [-0.4, -0.2) is 88.3 Å². The summed E-state index contributed by atoms with van der Waals surface area (Å²) in [6.07, 6.45) is 0. The second-order valence-corrected chi connectivity index (χ2v) is 5.68. The van der Waals surface area contributed by atoms with Crippen molar-refractivity contribution in [3.63, 3.8) is 0 Å². The number of nitrogens with zero attached hydrogens (tertiary/aromatic N) is 2. The molecule has 0 spiro atoms. The first kappa shape index (κ1) is 16.9.